The van der Waals surface area contributed by atoms with Crippen molar-refractivity contribution in [1.82, 2.24) is 0 Å². The van der Waals surface area contributed by atoms with Gasteiger partial charge >= 0.3 is 5.97 Å². The van der Waals surface area contributed by atoms with E-state index >= 15 is 0 Å². The molecule has 0 radical (unpaired) electrons. The molecule has 0 saturated heterocycles. The van der Waals surface area contributed by atoms with Crippen LogP contribution in [0.15, 0.2) is 0 Å². The van der Waals surface area contributed by atoms with Crippen LogP contribution >= 0.6 is 19.0 Å². The smallest absolute Gasteiger partial charge is 0.332 e. The van der Waals surface area contributed by atoms with Crippen LogP contribution in [-0.4, -0.2) is 26.3 Å². The maximum absolute atomic E-state index is 10.6. The number of halogens is 1. The molecule has 0 rings (SSSR count). The Morgan fingerprint density at radius 1 is 1.64 bits per heavy atom. The molecular weight excluding hydrogens is 190 g/mol. The molecule has 0 N–H and O–H groups in total. The van der Waals surface area contributed by atoms with Crippen LogP contribution in [-0.2, 0) is 18.6 Å². The predicted molar refractivity (Wildman–Crippen MR) is 42.4 cm³/mol. The van der Waals surface area contributed by atoms with Gasteiger partial charge in [0.25, 0.3) is 7.73 Å². The number of hydrogen-bond acceptors (Lipinski definition) is 4. The molecule has 0 saturated carbocycles. The molecule has 66 valence electrons. The Hall–Kier alpha value is 0.110. The number of carbonyl (C=O) groups excluding carboxylic acids is 1. The maximum atomic E-state index is 10.6. The van der Waals surface area contributed by atoms with Crippen LogP contribution in [0.25, 0.3) is 0 Å². The first-order chi connectivity index (χ1) is 5.20. The first-order valence-electron chi connectivity index (χ1n) is 2.99. The molecule has 0 aliphatic heterocycles. The van der Waals surface area contributed by atoms with Crippen LogP contribution in [0.3, 0.4) is 0 Å². The van der Waals surface area contributed by atoms with Gasteiger partial charge in [0, 0.05) is 7.11 Å². The van der Waals surface area contributed by atoms with Gasteiger partial charge in [0.2, 0.25) is 0 Å². The zero-order valence-electron chi connectivity index (χ0n) is 6.37. The van der Waals surface area contributed by atoms with Crippen LogP contribution in [0, 0.1) is 0 Å². The zero-order chi connectivity index (χ0) is 8.69. The molecule has 0 aliphatic rings. The third kappa shape index (κ3) is 6.51. The van der Waals surface area contributed by atoms with Gasteiger partial charge in [0.05, 0.1) is 6.61 Å². The van der Waals surface area contributed by atoms with Crippen molar-refractivity contribution in [3.05, 3.63) is 0 Å². The second-order valence-electron chi connectivity index (χ2n) is 1.47. The molecule has 0 heterocycles. The number of ether oxygens (including phenoxy) is 1. The maximum Gasteiger partial charge on any atom is 0.332 e. The van der Waals surface area contributed by atoms with Crippen LogP contribution in [0.1, 0.15) is 6.92 Å². The third-order valence-corrected chi connectivity index (χ3v) is 2.06. The van der Waals surface area contributed by atoms with Crippen molar-refractivity contribution < 1.29 is 18.6 Å². The van der Waals surface area contributed by atoms with Gasteiger partial charge in [-0.05, 0) is 18.2 Å². The van der Waals surface area contributed by atoms with Gasteiger partial charge in [-0.2, -0.15) is 0 Å². The van der Waals surface area contributed by atoms with E-state index in [2.05, 4.69) is 9.26 Å². The molecular formula is C5H10ClO4P. The molecule has 4 nitrogen and oxygen atoms in total. The summed E-state index contributed by atoms with van der Waals surface area (Å²) in [6.07, 6.45) is 0. The molecule has 0 aromatic rings. The Kier molecular flexibility index (Phi) is 6.87. The quantitative estimate of drug-likeness (QED) is 0.500. The van der Waals surface area contributed by atoms with E-state index in [4.69, 9.17) is 15.8 Å². The van der Waals surface area contributed by atoms with E-state index in [0.29, 0.717) is 6.61 Å². The molecule has 0 aliphatic carbocycles. The van der Waals surface area contributed by atoms with Crippen molar-refractivity contribution >= 4 is 24.9 Å². The highest BCUT2D eigenvalue weighted by Crippen LogP contribution is 2.42. The summed E-state index contributed by atoms with van der Waals surface area (Å²) in [5.74, 6) is -0.433. The zero-order valence-corrected chi connectivity index (χ0v) is 8.02. The van der Waals surface area contributed by atoms with Crippen molar-refractivity contribution in [3.8, 4) is 0 Å². The van der Waals surface area contributed by atoms with E-state index in [0.717, 1.165) is 0 Å². The average molecular weight is 201 g/mol. The van der Waals surface area contributed by atoms with Crippen molar-refractivity contribution in [2.24, 2.45) is 0 Å². The van der Waals surface area contributed by atoms with Gasteiger partial charge < -0.3 is 13.8 Å². The Bertz CT molecular complexity index is 121. The van der Waals surface area contributed by atoms with Gasteiger partial charge in [-0.3, -0.25) is 0 Å². The summed E-state index contributed by atoms with van der Waals surface area (Å²) < 4.78 is 13.9. The summed E-state index contributed by atoms with van der Waals surface area (Å²) in [6.45, 7) is 1.91. The fourth-order valence-electron chi connectivity index (χ4n) is 0.359. The summed E-state index contributed by atoms with van der Waals surface area (Å²) in [4.78, 5) is 10.6. The number of rotatable bonds is 5. The van der Waals surface area contributed by atoms with Crippen molar-refractivity contribution in [3.63, 3.8) is 0 Å². The fraction of sp³-hybridized carbons (Fsp3) is 0.800. The first kappa shape index (κ1) is 11.1. The lowest BCUT2D eigenvalue weighted by atomic mass is 10.7. The second-order valence-corrected chi connectivity index (χ2v) is 3.35. The molecule has 6 heteroatoms. The van der Waals surface area contributed by atoms with Gasteiger partial charge in [-0.1, -0.05) is 0 Å². The summed E-state index contributed by atoms with van der Waals surface area (Å²) in [5, 5.41) is 0. The Labute approximate surface area is 71.5 Å². The van der Waals surface area contributed by atoms with Crippen molar-refractivity contribution in [2.75, 3.05) is 20.3 Å². The highest BCUT2D eigenvalue weighted by atomic mass is 35.7. The van der Waals surface area contributed by atoms with E-state index in [-0.39, 0.29) is 6.61 Å². The lowest BCUT2D eigenvalue weighted by Crippen LogP contribution is -2.10. The average Bonchev–Trinajstić information content (AvgIpc) is 2.01. The molecule has 0 spiro atoms. The van der Waals surface area contributed by atoms with Crippen LogP contribution in [0.5, 0.6) is 0 Å². The minimum Gasteiger partial charge on any atom is -0.464 e. The van der Waals surface area contributed by atoms with E-state index in [9.17, 15) is 4.79 Å². The first-order valence-corrected chi connectivity index (χ1v) is 5.07. The lowest BCUT2D eigenvalue weighted by Gasteiger charge is -2.05. The molecule has 0 amide bonds. The highest BCUT2D eigenvalue weighted by Gasteiger charge is 2.07. The van der Waals surface area contributed by atoms with Crippen LogP contribution < -0.4 is 0 Å². The van der Waals surface area contributed by atoms with Gasteiger partial charge in [0.15, 0.2) is 6.61 Å². The fourth-order valence-corrected chi connectivity index (χ4v) is 0.818. The Morgan fingerprint density at radius 3 is 2.73 bits per heavy atom. The molecule has 0 aromatic heterocycles. The van der Waals surface area contributed by atoms with E-state index in [1.807, 2.05) is 0 Å². The summed E-state index contributed by atoms with van der Waals surface area (Å²) in [5.41, 5.74) is 0. The minimum atomic E-state index is -1.45. The molecule has 0 aromatic carbocycles. The van der Waals surface area contributed by atoms with Crippen LogP contribution in [0.4, 0.5) is 0 Å². The summed E-state index contributed by atoms with van der Waals surface area (Å²) in [7, 11) is -0.0436. The van der Waals surface area contributed by atoms with Crippen molar-refractivity contribution in [1.29, 1.82) is 0 Å². The molecule has 0 fully saturated rings. The minimum absolute atomic E-state index is 0.156. The molecule has 0 bridgehead atoms. The predicted octanol–water partition coefficient (Wildman–Crippen LogP) is 1.68. The topological polar surface area (TPSA) is 44.8 Å². The van der Waals surface area contributed by atoms with Crippen LogP contribution in [0.2, 0.25) is 0 Å². The third-order valence-electron chi connectivity index (χ3n) is 0.733. The molecule has 1 unspecified atom stereocenters. The number of esters is 1. The second kappa shape index (κ2) is 6.80. The Balaban J connectivity index is 3.30. The van der Waals surface area contributed by atoms with E-state index < -0.39 is 13.7 Å². The summed E-state index contributed by atoms with van der Waals surface area (Å²) >= 11 is 5.42. The number of carbonyl (C=O) groups is 1. The lowest BCUT2D eigenvalue weighted by molar-refractivity contribution is -0.145. The molecule has 1 atom stereocenters. The SMILES string of the molecule is CCOC(=O)COP(Cl)OC. The van der Waals surface area contributed by atoms with Gasteiger partial charge in [0.1, 0.15) is 0 Å². The van der Waals surface area contributed by atoms with Crippen molar-refractivity contribution in [2.45, 2.75) is 6.92 Å². The summed E-state index contributed by atoms with van der Waals surface area (Å²) in [6, 6.07) is 0. The van der Waals surface area contributed by atoms with Gasteiger partial charge in [-0.15, -0.1) is 0 Å². The molecule has 11 heavy (non-hydrogen) atoms. The van der Waals surface area contributed by atoms with E-state index in [1.165, 1.54) is 7.11 Å². The Morgan fingerprint density at radius 2 is 2.27 bits per heavy atom. The number of hydrogen-bond donors (Lipinski definition) is 0. The van der Waals surface area contributed by atoms with E-state index in [1.54, 1.807) is 6.92 Å². The van der Waals surface area contributed by atoms with Gasteiger partial charge in [-0.25, -0.2) is 4.79 Å². The standard InChI is InChI=1S/C5H10ClO4P/c1-3-9-5(7)4-10-11(6)8-2/h3-4H2,1-2H3. The largest absolute Gasteiger partial charge is 0.464 e. The normalized spacial score (nSPS) is 12.6. The highest BCUT2D eigenvalue weighted by molar-refractivity contribution is 7.76. The monoisotopic (exact) mass is 200 g/mol.